The number of nitrogens with two attached hydrogens (primary N) is 1. The molecule has 9 nitrogen and oxygen atoms in total. The monoisotopic (exact) mass is 460 g/mol. The molecule has 33 heavy (non-hydrogen) atoms. The van der Waals surface area contributed by atoms with Crippen LogP contribution in [0.1, 0.15) is 12.1 Å². The maximum atomic E-state index is 12.8. The van der Waals surface area contributed by atoms with Crippen LogP contribution in [-0.2, 0) is 6.42 Å². The molecule has 3 aromatic heterocycles. The molecule has 0 spiro atoms. The zero-order valence-corrected chi connectivity index (χ0v) is 17.6. The number of rotatable bonds is 6. The van der Waals surface area contributed by atoms with Crippen LogP contribution in [0.4, 0.5) is 19.0 Å². The molecule has 1 aliphatic heterocycles. The summed E-state index contributed by atoms with van der Waals surface area (Å²) in [6.07, 6.45) is 3.45. The molecule has 0 amide bonds. The quantitative estimate of drug-likeness (QED) is 0.481. The molecule has 2 unspecified atom stereocenters. The lowest BCUT2D eigenvalue weighted by atomic mass is 9.85. The van der Waals surface area contributed by atoms with E-state index < -0.39 is 12.6 Å². The Balaban J connectivity index is 1.67. The summed E-state index contributed by atoms with van der Waals surface area (Å²) < 4.78 is 39.9. The van der Waals surface area contributed by atoms with E-state index in [-0.39, 0.29) is 24.1 Å². The Hall–Kier alpha value is -3.54. The van der Waals surface area contributed by atoms with Crippen LogP contribution in [-0.4, -0.2) is 61.5 Å². The van der Waals surface area contributed by atoms with Crippen molar-refractivity contribution in [3.05, 3.63) is 48.3 Å². The van der Waals surface area contributed by atoms with E-state index in [4.69, 9.17) is 11.1 Å². The molecule has 4 heterocycles. The van der Waals surface area contributed by atoms with Crippen LogP contribution in [0.2, 0.25) is 0 Å². The maximum absolute atomic E-state index is 12.8. The van der Waals surface area contributed by atoms with Crippen molar-refractivity contribution in [2.75, 3.05) is 24.6 Å². The van der Waals surface area contributed by atoms with Gasteiger partial charge in [-0.1, -0.05) is 0 Å². The highest BCUT2D eigenvalue weighted by molar-refractivity contribution is 5.76. The fraction of sp³-hybridized carbons (Fsp3) is 0.381. The summed E-state index contributed by atoms with van der Waals surface area (Å²) >= 11 is 0. The van der Waals surface area contributed by atoms with Gasteiger partial charge in [-0.3, -0.25) is 9.38 Å². The molecule has 2 atom stereocenters. The van der Waals surface area contributed by atoms with E-state index in [1.54, 1.807) is 12.3 Å². The molecule has 0 aliphatic carbocycles. The lowest BCUT2D eigenvalue weighted by Gasteiger charge is -2.38. The number of nitrogens with zero attached hydrogens (tertiary/aromatic N) is 6. The Bertz CT molecular complexity index is 1180. The number of hydrogen-bond acceptors (Lipinski definition) is 8. The van der Waals surface area contributed by atoms with E-state index in [0.717, 1.165) is 0 Å². The molecule has 4 rings (SSSR count). The van der Waals surface area contributed by atoms with E-state index in [1.807, 2.05) is 4.90 Å². The number of fused-ring (bicyclic) bond motifs is 1. The van der Waals surface area contributed by atoms with Gasteiger partial charge >= 0.3 is 6.18 Å². The number of piperidine rings is 1. The molecule has 0 saturated carbocycles. The molecule has 4 N–H and O–H groups in total. The van der Waals surface area contributed by atoms with Gasteiger partial charge in [-0.2, -0.15) is 13.2 Å². The predicted molar refractivity (Wildman–Crippen MR) is 116 cm³/mol. The van der Waals surface area contributed by atoms with Crippen LogP contribution in [0.15, 0.2) is 42.6 Å². The summed E-state index contributed by atoms with van der Waals surface area (Å²) in [7, 11) is 0. The van der Waals surface area contributed by atoms with Crippen molar-refractivity contribution in [1.29, 1.82) is 5.41 Å². The SMILES string of the molecule is N=C/C(=C\N)C1CC(CO)CN(c2ccnc(-c3cnc4cnc(CC(F)(F)F)cn34)n2)C1. The summed E-state index contributed by atoms with van der Waals surface area (Å²) in [6, 6.07) is 1.73. The van der Waals surface area contributed by atoms with Crippen molar-refractivity contribution in [3.63, 3.8) is 0 Å². The van der Waals surface area contributed by atoms with Crippen LogP contribution >= 0.6 is 0 Å². The number of aromatic nitrogens is 5. The van der Waals surface area contributed by atoms with Gasteiger partial charge in [0.2, 0.25) is 0 Å². The Morgan fingerprint density at radius 1 is 1.24 bits per heavy atom. The molecule has 1 saturated heterocycles. The van der Waals surface area contributed by atoms with Gasteiger partial charge in [0.25, 0.3) is 0 Å². The molecule has 0 bridgehead atoms. The van der Waals surface area contributed by atoms with Crippen molar-refractivity contribution >= 4 is 17.7 Å². The second-order valence-corrected chi connectivity index (χ2v) is 7.98. The van der Waals surface area contributed by atoms with Crippen molar-refractivity contribution < 1.29 is 18.3 Å². The molecule has 1 fully saturated rings. The Morgan fingerprint density at radius 2 is 2.06 bits per heavy atom. The van der Waals surface area contributed by atoms with Gasteiger partial charge in [0, 0.05) is 50.1 Å². The van der Waals surface area contributed by atoms with E-state index >= 15 is 0 Å². The molecule has 12 heteroatoms. The molecule has 3 aromatic rings. The number of nitrogens with one attached hydrogen (secondary N) is 1. The van der Waals surface area contributed by atoms with Crippen LogP contribution in [0, 0.1) is 17.2 Å². The lowest BCUT2D eigenvalue weighted by molar-refractivity contribution is -0.127. The second-order valence-electron chi connectivity index (χ2n) is 7.98. The highest BCUT2D eigenvalue weighted by atomic mass is 19.4. The number of aliphatic hydroxyl groups is 1. The normalized spacial score (nSPS) is 19.8. The molecular weight excluding hydrogens is 437 g/mol. The van der Waals surface area contributed by atoms with Gasteiger partial charge in [-0.25, -0.2) is 15.0 Å². The fourth-order valence-corrected chi connectivity index (χ4v) is 4.11. The highest BCUT2D eigenvalue weighted by Crippen LogP contribution is 2.30. The van der Waals surface area contributed by atoms with Gasteiger partial charge in [-0.05, 0) is 24.3 Å². The average Bonchev–Trinajstić information content (AvgIpc) is 3.22. The Labute approximate surface area is 187 Å². The average molecular weight is 460 g/mol. The zero-order valence-electron chi connectivity index (χ0n) is 17.6. The van der Waals surface area contributed by atoms with Gasteiger partial charge < -0.3 is 21.1 Å². The van der Waals surface area contributed by atoms with Gasteiger partial charge in [-0.15, -0.1) is 0 Å². The van der Waals surface area contributed by atoms with Crippen molar-refractivity contribution in [3.8, 4) is 11.5 Å². The Kier molecular flexibility index (Phi) is 6.27. The smallest absolute Gasteiger partial charge is 0.394 e. The summed E-state index contributed by atoms with van der Waals surface area (Å²) in [4.78, 5) is 19.0. The number of imidazole rings is 1. The standard InChI is InChI=1S/C21H23F3N8O/c22-21(23,24)4-16-11-32-17(7-29-19(32)8-28-16)20-27-2-1-18(30-20)31-9-13(12-33)3-14(10-31)15(5-25)6-26/h1-2,5-8,11,13-14,25,33H,3-4,9-10,12,26H2/b15-6+,25-5?. The highest BCUT2D eigenvalue weighted by Gasteiger charge is 2.30. The third-order valence-corrected chi connectivity index (χ3v) is 5.65. The lowest BCUT2D eigenvalue weighted by Crippen LogP contribution is -2.43. The van der Waals surface area contributed by atoms with Gasteiger partial charge in [0.1, 0.15) is 11.5 Å². The largest absolute Gasteiger partial charge is 0.404 e. The van der Waals surface area contributed by atoms with E-state index in [0.29, 0.717) is 48.1 Å². The molecule has 0 aromatic carbocycles. The number of halogens is 3. The molecule has 1 aliphatic rings. The summed E-state index contributed by atoms with van der Waals surface area (Å²) in [5, 5.41) is 17.4. The van der Waals surface area contributed by atoms with Crippen LogP contribution in [0.3, 0.4) is 0 Å². The Morgan fingerprint density at radius 3 is 2.76 bits per heavy atom. The van der Waals surface area contributed by atoms with Crippen molar-refractivity contribution in [2.45, 2.75) is 19.0 Å². The minimum atomic E-state index is -4.38. The fourth-order valence-electron chi connectivity index (χ4n) is 4.11. The summed E-state index contributed by atoms with van der Waals surface area (Å²) in [5.41, 5.74) is 7.03. The first kappa shape index (κ1) is 22.6. The number of alkyl halides is 3. The zero-order chi connectivity index (χ0) is 23.6. The number of hydrogen-bond donors (Lipinski definition) is 3. The van der Waals surface area contributed by atoms with Crippen LogP contribution < -0.4 is 10.6 Å². The summed E-state index contributed by atoms with van der Waals surface area (Å²) in [5.74, 6) is 0.838. The molecule has 174 valence electrons. The first-order valence-electron chi connectivity index (χ1n) is 10.3. The van der Waals surface area contributed by atoms with Crippen molar-refractivity contribution in [2.24, 2.45) is 17.6 Å². The van der Waals surface area contributed by atoms with Crippen LogP contribution in [0.5, 0.6) is 0 Å². The first-order valence-corrected chi connectivity index (χ1v) is 10.3. The minimum absolute atomic E-state index is 0.0109. The topological polar surface area (TPSA) is 129 Å². The van der Waals surface area contributed by atoms with Crippen LogP contribution in [0.25, 0.3) is 17.2 Å². The maximum Gasteiger partial charge on any atom is 0.394 e. The second kappa shape index (κ2) is 9.14. The predicted octanol–water partition coefficient (Wildman–Crippen LogP) is 2.22. The van der Waals surface area contributed by atoms with Gasteiger partial charge in [0.05, 0.1) is 24.5 Å². The third kappa shape index (κ3) is 4.95. The third-order valence-electron chi connectivity index (χ3n) is 5.65. The minimum Gasteiger partial charge on any atom is -0.404 e. The summed E-state index contributed by atoms with van der Waals surface area (Å²) in [6.45, 7) is 1.10. The van der Waals surface area contributed by atoms with Gasteiger partial charge in [0.15, 0.2) is 11.5 Å². The number of aliphatic hydroxyl groups excluding tert-OH is 1. The number of anilines is 1. The van der Waals surface area contributed by atoms with E-state index in [1.165, 1.54) is 35.4 Å². The van der Waals surface area contributed by atoms with E-state index in [2.05, 4.69) is 19.9 Å². The van der Waals surface area contributed by atoms with Crippen molar-refractivity contribution in [1.82, 2.24) is 24.3 Å². The molecular formula is C21H23F3N8O. The molecule has 0 radical (unpaired) electrons. The first-order chi connectivity index (χ1) is 15.8. The van der Waals surface area contributed by atoms with E-state index in [9.17, 15) is 18.3 Å².